The Labute approximate surface area is 166 Å². The minimum Gasteiger partial charge on any atom is -0.493 e. The van der Waals surface area contributed by atoms with Crippen LogP contribution in [0.3, 0.4) is 0 Å². The van der Waals surface area contributed by atoms with Gasteiger partial charge in [0, 0.05) is 6.54 Å². The summed E-state index contributed by atoms with van der Waals surface area (Å²) in [4.78, 5) is 4.33. The van der Waals surface area contributed by atoms with Crippen molar-refractivity contribution in [1.29, 1.82) is 0 Å². The summed E-state index contributed by atoms with van der Waals surface area (Å²) in [6, 6.07) is 15.3. The fourth-order valence-corrected chi connectivity index (χ4v) is 2.03. The largest absolute Gasteiger partial charge is 0.493 e. The van der Waals surface area contributed by atoms with Gasteiger partial charge in [0.1, 0.15) is 5.75 Å². The van der Waals surface area contributed by atoms with Gasteiger partial charge in [0.05, 0.1) is 13.7 Å². The molecule has 0 bridgehead atoms. The molecular formula is C19H26IN3O2. The third-order valence-corrected chi connectivity index (χ3v) is 3.34. The van der Waals surface area contributed by atoms with Gasteiger partial charge in [-0.2, -0.15) is 0 Å². The van der Waals surface area contributed by atoms with E-state index in [1.165, 1.54) is 0 Å². The zero-order valence-corrected chi connectivity index (χ0v) is 17.2. The Morgan fingerprint density at radius 1 is 1.08 bits per heavy atom. The van der Waals surface area contributed by atoms with E-state index >= 15 is 0 Å². The number of hydrogen-bond acceptors (Lipinski definition) is 3. The van der Waals surface area contributed by atoms with E-state index in [1.807, 2.05) is 48.5 Å². The number of nitrogens with two attached hydrogens (primary N) is 1. The Bertz CT molecular complexity index is 673. The minimum atomic E-state index is 0. The zero-order valence-electron chi connectivity index (χ0n) is 14.9. The molecule has 0 aliphatic rings. The van der Waals surface area contributed by atoms with Gasteiger partial charge in [-0.3, -0.25) is 0 Å². The average molecular weight is 455 g/mol. The Balaban J connectivity index is 0.00000312. The lowest BCUT2D eigenvalue weighted by Crippen LogP contribution is -2.34. The molecule has 5 nitrogen and oxygen atoms in total. The van der Waals surface area contributed by atoms with Crippen LogP contribution in [0.15, 0.2) is 53.5 Å². The Morgan fingerprint density at radius 3 is 2.32 bits per heavy atom. The molecule has 0 atom stereocenters. The average Bonchev–Trinajstić information content (AvgIpc) is 2.60. The lowest BCUT2D eigenvalue weighted by molar-refractivity contribution is 0.379. The molecule has 3 N–H and O–H groups in total. The van der Waals surface area contributed by atoms with E-state index in [0.29, 0.717) is 29.9 Å². The van der Waals surface area contributed by atoms with Crippen LogP contribution in [0, 0.1) is 5.92 Å². The number of guanidine groups is 1. The summed E-state index contributed by atoms with van der Waals surface area (Å²) >= 11 is 0. The van der Waals surface area contributed by atoms with Gasteiger partial charge in [-0.1, -0.05) is 38.1 Å². The first-order chi connectivity index (χ1) is 11.6. The summed E-state index contributed by atoms with van der Waals surface area (Å²) < 4.78 is 11.1. The first kappa shape index (κ1) is 21.1. The molecule has 0 saturated heterocycles. The van der Waals surface area contributed by atoms with Gasteiger partial charge < -0.3 is 20.5 Å². The van der Waals surface area contributed by atoms with Crippen LogP contribution < -0.4 is 20.5 Å². The predicted molar refractivity (Wildman–Crippen MR) is 113 cm³/mol. The maximum absolute atomic E-state index is 5.85. The van der Waals surface area contributed by atoms with E-state index < -0.39 is 0 Å². The summed E-state index contributed by atoms with van der Waals surface area (Å²) in [7, 11) is 1.63. The van der Waals surface area contributed by atoms with E-state index in [2.05, 4.69) is 24.2 Å². The van der Waals surface area contributed by atoms with Gasteiger partial charge in [0.2, 0.25) is 0 Å². The molecule has 0 saturated carbocycles. The van der Waals surface area contributed by atoms with Crippen molar-refractivity contribution in [3.63, 3.8) is 0 Å². The molecule has 0 aromatic heterocycles. The summed E-state index contributed by atoms with van der Waals surface area (Å²) in [5.74, 6) is 3.14. The first-order valence-electron chi connectivity index (χ1n) is 8.02. The number of nitrogens with one attached hydrogen (secondary N) is 1. The van der Waals surface area contributed by atoms with Crippen LogP contribution in [0.1, 0.15) is 19.4 Å². The monoisotopic (exact) mass is 455 g/mol. The molecule has 136 valence electrons. The number of aliphatic imine (C=N–C) groups is 1. The topological polar surface area (TPSA) is 68.9 Å². The quantitative estimate of drug-likeness (QED) is 0.374. The highest BCUT2D eigenvalue weighted by atomic mass is 127. The lowest BCUT2D eigenvalue weighted by Gasteiger charge is -2.10. The molecule has 2 aromatic carbocycles. The number of methoxy groups -OCH3 is 1. The van der Waals surface area contributed by atoms with Crippen molar-refractivity contribution >= 4 is 29.9 Å². The highest BCUT2D eigenvalue weighted by molar-refractivity contribution is 14.0. The number of ether oxygens (including phenoxy) is 2. The number of hydrogen-bond donors (Lipinski definition) is 2. The van der Waals surface area contributed by atoms with E-state index in [0.717, 1.165) is 17.9 Å². The van der Waals surface area contributed by atoms with Gasteiger partial charge in [0.25, 0.3) is 0 Å². The van der Waals surface area contributed by atoms with Crippen molar-refractivity contribution in [2.75, 3.05) is 13.7 Å². The molecule has 0 aliphatic heterocycles. The molecule has 0 radical (unpaired) electrons. The predicted octanol–water partition coefficient (Wildman–Crippen LogP) is 4.17. The zero-order chi connectivity index (χ0) is 17.4. The third kappa shape index (κ3) is 7.21. The lowest BCUT2D eigenvalue weighted by atomic mass is 10.2. The molecule has 25 heavy (non-hydrogen) atoms. The summed E-state index contributed by atoms with van der Waals surface area (Å²) in [6.45, 7) is 5.61. The molecule has 0 aliphatic carbocycles. The fourth-order valence-electron chi connectivity index (χ4n) is 2.03. The van der Waals surface area contributed by atoms with Crippen molar-refractivity contribution in [2.24, 2.45) is 16.6 Å². The van der Waals surface area contributed by atoms with E-state index in [4.69, 9.17) is 15.2 Å². The summed E-state index contributed by atoms with van der Waals surface area (Å²) in [5.41, 5.74) is 6.90. The van der Waals surface area contributed by atoms with Gasteiger partial charge in [-0.25, -0.2) is 4.99 Å². The van der Waals surface area contributed by atoms with Crippen molar-refractivity contribution < 1.29 is 9.47 Å². The van der Waals surface area contributed by atoms with Gasteiger partial charge in [-0.15, -0.1) is 24.0 Å². The molecule has 0 fully saturated rings. The highest BCUT2D eigenvalue weighted by Gasteiger charge is 2.04. The SMILES string of the molecule is COc1ccccc1Oc1ccc(CN=C(N)NCC(C)C)cc1.I. The number of rotatable bonds is 7. The van der Waals surface area contributed by atoms with E-state index in [1.54, 1.807) is 7.11 Å². The summed E-state index contributed by atoms with van der Waals surface area (Å²) in [6.07, 6.45) is 0. The van der Waals surface area contributed by atoms with Crippen molar-refractivity contribution in [1.82, 2.24) is 5.32 Å². The first-order valence-corrected chi connectivity index (χ1v) is 8.02. The standard InChI is InChI=1S/C19H25N3O2.HI/c1-14(2)12-21-19(20)22-13-15-8-10-16(11-9-15)24-18-7-5-4-6-17(18)23-3;/h4-11,14H,12-13H2,1-3H3,(H3,20,21,22);1H. The van der Waals surface area contributed by atoms with Crippen LogP contribution in [-0.4, -0.2) is 19.6 Å². The van der Waals surface area contributed by atoms with Gasteiger partial charge in [-0.05, 0) is 35.7 Å². The van der Waals surface area contributed by atoms with Crippen molar-refractivity contribution in [3.05, 3.63) is 54.1 Å². The molecule has 0 amide bonds. The molecule has 6 heteroatoms. The second-order valence-electron chi connectivity index (χ2n) is 5.87. The Morgan fingerprint density at radius 2 is 1.72 bits per heavy atom. The fraction of sp³-hybridized carbons (Fsp3) is 0.316. The Kier molecular flexibility index (Phi) is 9.12. The molecule has 2 aromatic rings. The van der Waals surface area contributed by atoms with Gasteiger partial charge >= 0.3 is 0 Å². The maximum atomic E-state index is 5.85. The number of halogens is 1. The van der Waals surface area contributed by atoms with Gasteiger partial charge in [0.15, 0.2) is 17.5 Å². The number of benzene rings is 2. The van der Waals surface area contributed by atoms with Crippen LogP contribution in [0.5, 0.6) is 17.2 Å². The Hall–Kier alpha value is -1.96. The van der Waals surface area contributed by atoms with Crippen molar-refractivity contribution in [2.45, 2.75) is 20.4 Å². The van der Waals surface area contributed by atoms with Crippen LogP contribution >= 0.6 is 24.0 Å². The second-order valence-corrected chi connectivity index (χ2v) is 5.87. The molecular weight excluding hydrogens is 429 g/mol. The molecule has 0 heterocycles. The van der Waals surface area contributed by atoms with E-state index in [9.17, 15) is 0 Å². The molecule has 0 spiro atoms. The maximum Gasteiger partial charge on any atom is 0.188 e. The number of nitrogens with zero attached hydrogens (tertiary/aromatic N) is 1. The summed E-state index contributed by atoms with van der Waals surface area (Å²) in [5, 5.41) is 3.10. The van der Waals surface area contributed by atoms with Crippen LogP contribution in [0.4, 0.5) is 0 Å². The van der Waals surface area contributed by atoms with Crippen LogP contribution in [-0.2, 0) is 6.54 Å². The smallest absolute Gasteiger partial charge is 0.188 e. The minimum absolute atomic E-state index is 0. The molecule has 0 unspecified atom stereocenters. The highest BCUT2D eigenvalue weighted by Crippen LogP contribution is 2.30. The molecule has 2 rings (SSSR count). The van der Waals surface area contributed by atoms with Crippen molar-refractivity contribution in [3.8, 4) is 17.2 Å². The normalized spacial score (nSPS) is 11.0. The van der Waals surface area contributed by atoms with Crippen LogP contribution in [0.25, 0.3) is 0 Å². The second kappa shape index (κ2) is 10.8. The number of para-hydroxylation sites is 2. The van der Waals surface area contributed by atoms with Crippen LogP contribution in [0.2, 0.25) is 0 Å². The third-order valence-electron chi connectivity index (χ3n) is 3.34. The van der Waals surface area contributed by atoms with E-state index in [-0.39, 0.29) is 24.0 Å².